The number of piperazine rings is 1. The fourth-order valence-electron chi connectivity index (χ4n) is 4.02. The monoisotopic (exact) mass is 472 g/mol. The first-order chi connectivity index (χ1) is 17.0. The molecule has 1 aliphatic rings. The molecule has 3 aromatic rings. The maximum atomic E-state index is 12.5. The normalized spacial score (nSPS) is 13.8. The summed E-state index contributed by atoms with van der Waals surface area (Å²) in [6, 6.07) is 23.5. The predicted octanol–water partition coefficient (Wildman–Crippen LogP) is 3.08. The minimum absolute atomic E-state index is 0.0195. The van der Waals surface area contributed by atoms with Crippen molar-refractivity contribution in [1.29, 1.82) is 0 Å². The molecule has 1 saturated heterocycles. The number of benzene rings is 3. The molecule has 2 amide bonds. The number of anilines is 2. The lowest BCUT2D eigenvalue weighted by molar-refractivity contribution is -0.122. The van der Waals surface area contributed by atoms with Gasteiger partial charge in [0, 0.05) is 44.0 Å². The zero-order valence-electron chi connectivity index (χ0n) is 19.3. The summed E-state index contributed by atoms with van der Waals surface area (Å²) in [4.78, 5) is 40.9. The first-order valence-corrected chi connectivity index (χ1v) is 11.5. The smallest absolute Gasteiger partial charge is 0.337 e. The highest BCUT2D eigenvalue weighted by molar-refractivity contribution is 6.08. The Balaban J connectivity index is 1.32. The van der Waals surface area contributed by atoms with Crippen molar-refractivity contribution in [3.05, 3.63) is 95.6 Å². The van der Waals surface area contributed by atoms with E-state index in [1.165, 1.54) is 0 Å². The fraction of sp³-hybridized carbons (Fsp3) is 0.222. The molecule has 180 valence electrons. The van der Waals surface area contributed by atoms with Gasteiger partial charge in [0.25, 0.3) is 5.91 Å². The largest absolute Gasteiger partial charge is 0.478 e. The van der Waals surface area contributed by atoms with Gasteiger partial charge in [0.1, 0.15) is 0 Å². The molecule has 0 spiro atoms. The molecule has 0 saturated carbocycles. The van der Waals surface area contributed by atoms with Crippen LogP contribution in [0.5, 0.6) is 0 Å². The van der Waals surface area contributed by atoms with Crippen LogP contribution in [0, 0.1) is 0 Å². The predicted molar refractivity (Wildman–Crippen MR) is 135 cm³/mol. The lowest BCUT2D eigenvalue weighted by Gasteiger charge is -2.36. The summed E-state index contributed by atoms with van der Waals surface area (Å²) in [7, 11) is 0. The molecule has 1 aliphatic heterocycles. The van der Waals surface area contributed by atoms with Crippen LogP contribution in [0.25, 0.3) is 0 Å². The molecule has 0 atom stereocenters. The zero-order chi connectivity index (χ0) is 24.6. The van der Waals surface area contributed by atoms with Crippen molar-refractivity contribution < 1.29 is 19.5 Å². The van der Waals surface area contributed by atoms with E-state index in [2.05, 4.69) is 20.4 Å². The van der Waals surface area contributed by atoms with Crippen molar-refractivity contribution in [3.8, 4) is 0 Å². The van der Waals surface area contributed by atoms with Crippen LogP contribution >= 0.6 is 0 Å². The van der Waals surface area contributed by atoms with E-state index in [-0.39, 0.29) is 23.1 Å². The second-order valence-corrected chi connectivity index (χ2v) is 8.38. The number of carboxylic acid groups (broad SMARTS) is 1. The van der Waals surface area contributed by atoms with Gasteiger partial charge in [-0.2, -0.15) is 0 Å². The third-order valence-electron chi connectivity index (χ3n) is 5.95. The third kappa shape index (κ3) is 6.45. The summed E-state index contributed by atoms with van der Waals surface area (Å²) in [5, 5.41) is 15.4. The van der Waals surface area contributed by atoms with Crippen LogP contribution in [0.2, 0.25) is 0 Å². The van der Waals surface area contributed by atoms with E-state index in [1.807, 2.05) is 42.5 Å². The van der Waals surface area contributed by atoms with Crippen LogP contribution in [-0.2, 0) is 11.3 Å². The number of rotatable bonds is 8. The van der Waals surface area contributed by atoms with Gasteiger partial charge in [-0.25, -0.2) is 4.79 Å². The number of hydrogen-bond acceptors (Lipinski definition) is 5. The molecule has 35 heavy (non-hydrogen) atoms. The fourth-order valence-corrected chi connectivity index (χ4v) is 4.02. The molecular formula is C27H28N4O4. The highest BCUT2D eigenvalue weighted by atomic mass is 16.4. The highest BCUT2D eigenvalue weighted by Gasteiger charge is 2.21. The lowest BCUT2D eigenvalue weighted by Crippen LogP contribution is -2.49. The maximum Gasteiger partial charge on any atom is 0.337 e. The molecule has 0 bridgehead atoms. The van der Waals surface area contributed by atoms with Crippen molar-refractivity contribution in [3.63, 3.8) is 0 Å². The van der Waals surface area contributed by atoms with Gasteiger partial charge in [0.2, 0.25) is 5.91 Å². The Bertz CT molecular complexity index is 1180. The molecule has 0 unspecified atom stereocenters. The topological polar surface area (TPSA) is 102 Å². The van der Waals surface area contributed by atoms with Crippen LogP contribution in [-0.4, -0.2) is 60.5 Å². The molecule has 0 aromatic heterocycles. The molecule has 3 N–H and O–H groups in total. The van der Waals surface area contributed by atoms with E-state index in [4.69, 9.17) is 0 Å². The van der Waals surface area contributed by atoms with Crippen LogP contribution in [0.1, 0.15) is 26.3 Å². The minimum Gasteiger partial charge on any atom is -0.478 e. The summed E-state index contributed by atoms with van der Waals surface area (Å²) in [5.74, 6) is -1.49. The van der Waals surface area contributed by atoms with E-state index >= 15 is 0 Å². The molecule has 8 heteroatoms. The van der Waals surface area contributed by atoms with Crippen LogP contribution < -0.4 is 15.5 Å². The van der Waals surface area contributed by atoms with Gasteiger partial charge in [-0.05, 0) is 35.9 Å². The van der Waals surface area contributed by atoms with Gasteiger partial charge in [0.05, 0.1) is 17.8 Å². The Kier molecular flexibility index (Phi) is 7.74. The average Bonchev–Trinajstić information content (AvgIpc) is 2.89. The Hall–Kier alpha value is -4.17. The van der Waals surface area contributed by atoms with Crippen LogP contribution in [0.3, 0.4) is 0 Å². The van der Waals surface area contributed by atoms with Crippen LogP contribution in [0.15, 0.2) is 78.9 Å². The van der Waals surface area contributed by atoms with Gasteiger partial charge in [-0.1, -0.05) is 48.5 Å². The standard InChI is InChI=1S/C27H28N4O4/c32-25(28-18-20-7-3-1-4-8-20)19-30-13-15-31(16-14-30)22-11-12-24(23(17-22)27(34)35)29-26(33)21-9-5-2-6-10-21/h1-12,17H,13-16,18-19H2,(H,28,32)(H,29,33)(H,34,35). The molecule has 1 fully saturated rings. The van der Waals surface area contributed by atoms with E-state index in [9.17, 15) is 19.5 Å². The number of carbonyl (C=O) groups excluding carboxylic acids is 2. The zero-order valence-corrected chi connectivity index (χ0v) is 19.3. The van der Waals surface area contributed by atoms with Gasteiger partial charge in [-0.3, -0.25) is 14.5 Å². The molecule has 1 heterocycles. The quantitative estimate of drug-likeness (QED) is 0.466. The first kappa shape index (κ1) is 24.0. The summed E-state index contributed by atoms with van der Waals surface area (Å²) >= 11 is 0. The molecular weight excluding hydrogens is 444 g/mol. The Morgan fingerprint density at radius 3 is 2.14 bits per heavy atom. The van der Waals surface area contributed by atoms with E-state index in [0.717, 1.165) is 11.3 Å². The van der Waals surface area contributed by atoms with Crippen molar-refractivity contribution >= 4 is 29.2 Å². The minimum atomic E-state index is -1.11. The highest BCUT2D eigenvalue weighted by Crippen LogP contribution is 2.25. The molecule has 4 rings (SSSR count). The molecule has 0 aliphatic carbocycles. The summed E-state index contributed by atoms with van der Waals surface area (Å²) < 4.78 is 0. The summed E-state index contributed by atoms with van der Waals surface area (Å²) in [6.45, 7) is 3.54. The Morgan fingerprint density at radius 1 is 0.829 bits per heavy atom. The lowest BCUT2D eigenvalue weighted by atomic mass is 10.1. The average molecular weight is 473 g/mol. The summed E-state index contributed by atoms with van der Waals surface area (Å²) in [5.41, 5.74) is 2.58. The number of nitrogens with one attached hydrogen (secondary N) is 2. The number of aromatic carboxylic acids is 1. The SMILES string of the molecule is O=C(CN1CCN(c2ccc(NC(=O)c3ccccc3)c(C(=O)O)c2)CC1)NCc1ccccc1. The number of carbonyl (C=O) groups is 3. The van der Waals surface area contributed by atoms with Crippen molar-refractivity contribution in [1.82, 2.24) is 10.2 Å². The van der Waals surface area contributed by atoms with Gasteiger partial charge in [0.15, 0.2) is 0 Å². The Labute approximate surface area is 204 Å². The van der Waals surface area contributed by atoms with Crippen molar-refractivity contribution in [2.75, 3.05) is 42.9 Å². The number of carboxylic acids is 1. The second kappa shape index (κ2) is 11.3. The van der Waals surface area contributed by atoms with Crippen molar-refractivity contribution in [2.24, 2.45) is 0 Å². The number of amides is 2. The van der Waals surface area contributed by atoms with E-state index in [1.54, 1.807) is 36.4 Å². The summed E-state index contributed by atoms with van der Waals surface area (Å²) in [6.07, 6.45) is 0. The van der Waals surface area contributed by atoms with Gasteiger partial charge >= 0.3 is 5.97 Å². The van der Waals surface area contributed by atoms with Gasteiger partial charge < -0.3 is 20.6 Å². The van der Waals surface area contributed by atoms with Gasteiger partial charge in [-0.15, -0.1) is 0 Å². The molecule has 0 radical (unpaired) electrons. The Morgan fingerprint density at radius 2 is 1.49 bits per heavy atom. The molecule has 3 aromatic carbocycles. The second-order valence-electron chi connectivity index (χ2n) is 8.38. The third-order valence-corrected chi connectivity index (χ3v) is 5.95. The first-order valence-electron chi connectivity index (χ1n) is 11.5. The van der Waals surface area contributed by atoms with Crippen LogP contribution in [0.4, 0.5) is 11.4 Å². The van der Waals surface area contributed by atoms with E-state index < -0.39 is 5.97 Å². The van der Waals surface area contributed by atoms with E-state index in [0.29, 0.717) is 44.8 Å². The molecule has 8 nitrogen and oxygen atoms in total. The number of nitrogens with zero attached hydrogens (tertiary/aromatic N) is 2. The number of hydrogen-bond donors (Lipinski definition) is 3. The van der Waals surface area contributed by atoms with Crippen molar-refractivity contribution in [2.45, 2.75) is 6.54 Å². The maximum absolute atomic E-state index is 12.5.